The molecule has 34 heavy (non-hydrogen) atoms. The number of aromatic nitrogens is 2. The second-order valence-electron chi connectivity index (χ2n) is 7.68. The fraction of sp³-hybridized carbons (Fsp3) is 0.182. The van der Waals surface area contributed by atoms with E-state index in [0.29, 0.717) is 23.2 Å². The van der Waals surface area contributed by atoms with Crippen LogP contribution >= 0.6 is 0 Å². The van der Waals surface area contributed by atoms with Crippen molar-refractivity contribution in [3.8, 4) is 11.1 Å². The van der Waals surface area contributed by atoms with Gasteiger partial charge in [0.1, 0.15) is 0 Å². The number of hydrazine groups is 1. The number of nitro groups is 1. The predicted molar refractivity (Wildman–Crippen MR) is 122 cm³/mol. The number of carboxylic acid groups (broad SMARTS) is 1. The van der Waals surface area contributed by atoms with Crippen molar-refractivity contribution in [1.29, 1.82) is 0 Å². The van der Waals surface area contributed by atoms with Crippen molar-refractivity contribution in [2.24, 2.45) is 5.92 Å². The van der Waals surface area contributed by atoms with E-state index in [9.17, 15) is 29.6 Å². The van der Waals surface area contributed by atoms with Crippen molar-refractivity contribution < 1.29 is 24.4 Å². The average Bonchev–Trinajstić information content (AvgIpc) is 3.14. The Balaban J connectivity index is 2.07. The lowest BCUT2D eigenvalue weighted by molar-refractivity contribution is -0.384. The first-order chi connectivity index (χ1) is 16.2. The van der Waals surface area contributed by atoms with Crippen LogP contribution in [-0.2, 0) is 6.42 Å². The van der Waals surface area contributed by atoms with Crippen LogP contribution in [0.1, 0.15) is 40.4 Å². The zero-order valence-electron chi connectivity index (χ0n) is 18.3. The molecule has 0 bridgehead atoms. The molecule has 0 unspecified atom stereocenters. The van der Waals surface area contributed by atoms with Crippen LogP contribution < -0.4 is 16.3 Å². The zero-order chi connectivity index (χ0) is 24.8. The molecular formula is C22H22N6O6. The molecule has 0 spiro atoms. The summed E-state index contributed by atoms with van der Waals surface area (Å²) in [7, 11) is 0. The van der Waals surface area contributed by atoms with Crippen molar-refractivity contribution in [1.82, 2.24) is 20.7 Å². The summed E-state index contributed by atoms with van der Waals surface area (Å²) in [4.78, 5) is 48.3. The number of carbonyl (C=O) groups is 3. The minimum atomic E-state index is -1.48. The number of non-ortho nitro benzene ring substituents is 1. The molecule has 12 nitrogen and oxygen atoms in total. The van der Waals surface area contributed by atoms with Crippen molar-refractivity contribution in [3.05, 3.63) is 81.7 Å². The second-order valence-corrected chi connectivity index (χ2v) is 7.68. The number of rotatable bonds is 7. The number of hydrogen-bond acceptors (Lipinski definition) is 6. The number of amides is 3. The monoisotopic (exact) mass is 466 g/mol. The van der Waals surface area contributed by atoms with Crippen molar-refractivity contribution in [3.63, 3.8) is 0 Å². The van der Waals surface area contributed by atoms with E-state index in [1.807, 2.05) is 19.3 Å². The number of hydrogen-bond donors (Lipinski definition) is 4. The highest BCUT2D eigenvalue weighted by Crippen LogP contribution is 2.31. The highest BCUT2D eigenvalue weighted by atomic mass is 16.6. The maximum absolute atomic E-state index is 13.1. The van der Waals surface area contributed by atoms with Gasteiger partial charge in [0.25, 0.3) is 17.5 Å². The summed E-state index contributed by atoms with van der Waals surface area (Å²) < 4.78 is 0. The molecule has 0 saturated carbocycles. The van der Waals surface area contributed by atoms with Crippen LogP contribution in [-0.4, -0.2) is 37.8 Å². The first-order valence-corrected chi connectivity index (χ1v) is 10.2. The zero-order valence-corrected chi connectivity index (χ0v) is 18.3. The summed E-state index contributed by atoms with van der Waals surface area (Å²) in [6.45, 7) is 3.81. The first-order valence-electron chi connectivity index (χ1n) is 10.2. The number of nitrogens with zero attached hydrogens (tertiary/aromatic N) is 3. The fourth-order valence-electron chi connectivity index (χ4n) is 3.29. The van der Waals surface area contributed by atoms with Crippen molar-refractivity contribution in [2.75, 3.05) is 5.43 Å². The number of carbonyl (C=O) groups excluding carboxylic acids is 2. The number of benzene rings is 2. The second kappa shape index (κ2) is 10.3. The largest absolute Gasteiger partial charge is 0.464 e. The lowest BCUT2D eigenvalue weighted by Crippen LogP contribution is -2.43. The molecule has 0 atom stereocenters. The van der Waals surface area contributed by atoms with Gasteiger partial charge in [0.15, 0.2) is 5.69 Å². The molecular weight excluding hydrogens is 444 g/mol. The Labute approximate surface area is 193 Å². The van der Waals surface area contributed by atoms with Gasteiger partial charge in [0, 0.05) is 23.3 Å². The van der Waals surface area contributed by atoms with Crippen LogP contribution in [0.4, 0.5) is 10.5 Å². The van der Waals surface area contributed by atoms with Crippen LogP contribution in [0.15, 0.2) is 54.6 Å². The normalized spacial score (nSPS) is 10.6. The first kappa shape index (κ1) is 23.9. The lowest BCUT2D eigenvalue weighted by atomic mass is 9.97. The van der Waals surface area contributed by atoms with Gasteiger partial charge in [-0.05, 0) is 30.0 Å². The standard InChI is InChI=1S/C22H22N6O6/c1-13(2)11-17-18(15-9-6-10-16(12-15)28(33)34)19(27(25-17)26-22(31)32)21(30)24-23-20(29)14-7-4-3-5-8-14/h3-10,12-13,26H,11H2,1-2H3,(H,23,29)(H,24,30)(H,31,32). The molecule has 0 aliphatic carbocycles. The molecule has 1 aromatic heterocycles. The average molecular weight is 466 g/mol. The molecule has 0 aliphatic heterocycles. The number of nitro benzene ring substituents is 1. The van der Waals surface area contributed by atoms with Gasteiger partial charge in [0.2, 0.25) is 0 Å². The third-order valence-electron chi connectivity index (χ3n) is 4.65. The van der Waals surface area contributed by atoms with E-state index >= 15 is 0 Å². The van der Waals surface area contributed by atoms with Crippen LogP contribution in [0, 0.1) is 16.0 Å². The van der Waals surface area contributed by atoms with Gasteiger partial charge in [-0.2, -0.15) is 9.89 Å². The summed E-state index contributed by atoms with van der Waals surface area (Å²) in [6, 6.07) is 13.7. The van der Waals surface area contributed by atoms with E-state index in [1.54, 1.807) is 36.4 Å². The molecule has 3 rings (SSSR count). The van der Waals surface area contributed by atoms with E-state index in [2.05, 4.69) is 16.0 Å². The molecule has 3 aromatic rings. The van der Waals surface area contributed by atoms with E-state index < -0.39 is 22.8 Å². The van der Waals surface area contributed by atoms with Gasteiger partial charge in [-0.15, -0.1) is 0 Å². The summed E-state index contributed by atoms with van der Waals surface area (Å²) in [5.74, 6) is -1.40. The fourth-order valence-corrected chi connectivity index (χ4v) is 3.29. The van der Waals surface area contributed by atoms with Crippen LogP contribution in [0.3, 0.4) is 0 Å². The Kier molecular flexibility index (Phi) is 7.21. The maximum Gasteiger partial charge on any atom is 0.425 e. The van der Waals surface area contributed by atoms with Crippen molar-refractivity contribution in [2.45, 2.75) is 20.3 Å². The molecule has 12 heteroatoms. The SMILES string of the molecule is CC(C)Cc1nn(NC(=O)O)c(C(=O)NNC(=O)c2ccccc2)c1-c1cccc([N+](=O)[O-])c1. The topological polar surface area (TPSA) is 168 Å². The summed E-state index contributed by atoms with van der Waals surface area (Å²) in [6.07, 6.45) is -1.13. The Bertz CT molecular complexity index is 1240. The molecule has 0 fully saturated rings. The van der Waals surface area contributed by atoms with Crippen molar-refractivity contribution >= 4 is 23.6 Å². The molecule has 1 heterocycles. The third-order valence-corrected chi connectivity index (χ3v) is 4.65. The van der Waals surface area contributed by atoms with Gasteiger partial charge in [-0.25, -0.2) is 10.2 Å². The van der Waals surface area contributed by atoms with E-state index in [1.165, 1.54) is 18.2 Å². The van der Waals surface area contributed by atoms with Crippen LogP contribution in [0.2, 0.25) is 0 Å². The lowest BCUT2D eigenvalue weighted by Gasteiger charge is -2.11. The van der Waals surface area contributed by atoms with Crippen LogP contribution in [0.5, 0.6) is 0 Å². The quantitative estimate of drug-likeness (QED) is 0.306. The summed E-state index contributed by atoms with van der Waals surface area (Å²) >= 11 is 0. The molecule has 176 valence electrons. The molecule has 0 saturated heterocycles. The summed E-state index contributed by atoms with van der Waals surface area (Å²) in [5, 5.41) is 24.8. The van der Waals surface area contributed by atoms with E-state index in [0.717, 1.165) is 4.79 Å². The predicted octanol–water partition coefficient (Wildman–Crippen LogP) is 2.95. The highest BCUT2D eigenvalue weighted by molar-refractivity contribution is 6.03. The third kappa shape index (κ3) is 5.54. The highest BCUT2D eigenvalue weighted by Gasteiger charge is 2.27. The minimum Gasteiger partial charge on any atom is -0.464 e. The Morgan fingerprint density at radius 1 is 1.06 bits per heavy atom. The van der Waals surface area contributed by atoms with Crippen LogP contribution in [0.25, 0.3) is 11.1 Å². The van der Waals surface area contributed by atoms with Gasteiger partial charge < -0.3 is 5.11 Å². The Morgan fingerprint density at radius 3 is 2.35 bits per heavy atom. The molecule has 0 aliphatic rings. The Morgan fingerprint density at radius 2 is 1.74 bits per heavy atom. The van der Waals surface area contributed by atoms with E-state index in [-0.39, 0.29) is 22.9 Å². The molecule has 2 aromatic carbocycles. The van der Waals surface area contributed by atoms with Gasteiger partial charge in [-0.1, -0.05) is 44.2 Å². The van der Waals surface area contributed by atoms with Gasteiger partial charge in [-0.3, -0.25) is 30.6 Å². The molecule has 4 N–H and O–H groups in total. The van der Waals surface area contributed by atoms with Gasteiger partial charge in [0.05, 0.1) is 10.6 Å². The Hall–Kier alpha value is -4.74. The minimum absolute atomic E-state index is 0.0688. The van der Waals surface area contributed by atoms with E-state index in [4.69, 9.17) is 0 Å². The maximum atomic E-state index is 13.1. The molecule has 3 amide bonds. The smallest absolute Gasteiger partial charge is 0.425 e. The number of nitrogens with one attached hydrogen (secondary N) is 3. The summed E-state index contributed by atoms with van der Waals surface area (Å²) in [5.41, 5.74) is 7.25. The molecule has 0 radical (unpaired) electrons. The van der Waals surface area contributed by atoms with Gasteiger partial charge >= 0.3 is 6.09 Å².